The largest absolute Gasteiger partial charge is 0.381 e. The van der Waals surface area contributed by atoms with E-state index in [9.17, 15) is 9.18 Å². The molecule has 33 heavy (non-hydrogen) atoms. The van der Waals surface area contributed by atoms with Gasteiger partial charge >= 0.3 is 0 Å². The van der Waals surface area contributed by atoms with Crippen LogP contribution in [-0.4, -0.2) is 41.3 Å². The number of carbonyl (C=O) groups is 1. The van der Waals surface area contributed by atoms with Gasteiger partial charge in [-0.15, -0.1) is 0 Å². The minimum Gasteiger partial charge on any atom is -0.381 e. The van der Waals surface area contributed by atoms with Gasteiger partial charge in [0.05, 0.1) is 24.1 Å². The van der Waals surface area contributed by atoms with Crippen molar-refractivity contribution in [2.75, 3.05) is 19.8 Å². The van der Waals surface area contributed by atoms with Gasteiger partial charge in [-0.3, -0.25) is 4.79 Å². The number of carbonyl (C=O) groups excluding carboxylic acids is 1. The fraction of sp³-hybridized carbons (Fsp3) is 0.462. The van der Waals surface area contributed by atoms with E-state index in [-0.39, 0.29) is 29.7 Å². The number of ether oxygens (including phenoxy) is 1. The Morgan fingerprint density at radius 3 is 2.76 bits per heavy atom. The first-order valence-electron chi connectivity index (χ1n) is 11.8. The van der Waals surface area contributed by atoms with Crippen LogP contribution >= 0.6 is 0 Å². The van der Waals surface area contributed by atoms with Crippen LogP contribution in [-0.2, 0) is 16.1 Å². The molecule has 2 aromatic rings. The smallest absolute Gasteiger partial charge is 0.223 e. The van der Waals surface area contributed by atoms with E-state index in [1.54, 1.807) is 12.1 Å². The Morgan fingerprint density at radius 1 is 1.24 bits per heavy atom. The summed E-state index contributed by atoms with van der Waals surface area (Å²) in [6.07, 6.45) is 13.8. The van der Waals surface area contributed by atoms with Crippen molar-refractivity contribution in [2.24, 2.45) is 5.92 Å². The zero-order chi connectivity index (χ0) is 23.0. The van der Waals surface area contributed by atoms with Crippen molar-refractivity contribution in [2.45, 2.75) is 51.2 Å². The fourth-order valence-electron chi connectivity index (χ4n) is 4.46. The molecule has 1 aromatic heterocycles. The predicted octanol–water partition coefficient (Wildman–Crippen LogP) is 3.91. The van der Waals surface area contributed by atoms with Gasteiger partial charge in [0.25, 0.3) is 0 Å². The highest BCUT2D eigenvalue weighted by atomic mass is 19.1. The van der Waals surface area contributed by atoms with Crippen LogP contribution in [0, 0.1) is 11.7 Å². The van der Waals surface area contributed by atoms with Crippen molar-refractivity contribution in [3.05, 3.63) is 77.7 Å². The molecule has 1 amide bonds. The highest BCUT2D eigenvalue weighted by Crippen LogP contribution is 2.21. The molecule has 6 nitrogen and oxygen atoms in total. The molecule has 1 saturated heterocycles. The number of nitrogens with one attached hydrogen (secondary N) is 2. The summed E-state index contributed by atoms with van der Waals surface area (Å²) in [5, 5.41) is 6.78. The number of aromatic nitrogens is 2. The summed E-state index contributed by atoms with van der Waals surface area (Å²) < 4.78 is 20.8. The summed E-state index contributed by atoms with van der Waals surface area (Å²) in [5.74, 6) is -0.106. The number of halogens is 1. The second kappa shape index (κ2) is 11.4. The molecule has 2 atom stereocenters. The van der Waals surface area contributed by atoms with Gasteiger partial charge in [-0.25, -0.2) is 9.37 Å². The Bertz CT molecular complexity index is 976. The Kier molecular flexibility index (Phi) is 8.07. The third kappa shape index (κ3) is 6.18. The molecule has 2 unspecified atom stereocenters. The molecule has 0 radical (unpaired) electrons. The number of rotatable bonds is 9. The number of benzene rings is 1. The average molecular weight is 453 g/mol. The molecule has 1 aromatic carbocycles. The minimum atomic E-state index is -0.238. The zero-order valence-electron chi connectivity index (χ0n) is 19.2. The molecule has 4 rings (SSSR count). The van der Waals surface area contributed by atoms with Gasteiger partial charge in [0.2, 0.25) is 5.91 Å². The second-order valence-corrected chi connectivity index (χ2v) is 8.78. The van der Waals surface area contributed by atoms with Crippen LogP contribution in [0.3, 0.4) is 0 Å². The van der Waals surface area contributed by atoms with Crippen LogP contribution in [0.2, 0.25) is 0 Å². The van der Waals surface area contributed by atoms with Gasteiger partial charge < -0.3 is 19.9 Å². The summed E-state index contributed by atoms with van der Waals surface area (Å²) >= 11 is 0. The molecule has 1 aliphatic heterocycles. The molecular formula is C26H33FN4O2. The van der Waals surface area contributed by atoms with E-state index in [0.717, 1.165) is 42.5 Å². The highest BCUT2D eigenvalue weighted by Gasteiger charge is 2.25. The highest BCUT2D eigenvalue weighted by molar-refractivity contribution is 5.79. The van der Waals surface area contributed by atoms with E-state index < -0.39 is 0 Å². The molecule has 0 saturated carbocycles. The lowest BCUT2D eigenvalue weighted by atomic mass is 9.96. The summed E-state index contributed by atoms with van der Waals surface area (Å²) in [6.45, 7) is 4.63. The molecular weight excluding hydrogens is 419 g/mol. The normalized spacial score (nSPS) is 18.5. The van der Waals surface area contributed by atoms with Crippen molar-refractivity contribution >= 4 is 5.91 Å². The van der Waals surface area contributed by atoms with Crippen LogP contribution < -0.4 is 10.6 Å². The van der Waals surface area contributed by atoms with Gasteiger partial charge in [0, 0.05) is 38.4 Å². The summed E-state index contributed by atoms with van der Waals surface area (Å²) in [7, 11) is 0. The quantitative estimate of drug-likeness (QED) is 0.605. The first-order valence-corrected chi connectivity index (χ1v) is 11.8. The predicted molar refractivity (Wildman–Crippen MR) is 126 cm³/mol. The first kappa shape index (κ1) is 23.4. The van der Waals surface area contributed by atoms with E-state index >= 15 is 0 Å². The van der Waals surface area contributed by atoms with Crippen LogP contribution in [0.25, 0.3) is 0 Å². The Balaban J connectivity index is 1.39. The third-order valence-corrected chi connectivity index (χ3v) is 6.51. The van der Waals surface area contributed by atoms with Gasteiger partial charge in [0.15, 0.2) is 0 Å². The van der Waals surface area contributed by atoms with Crippen molar-refractivity contribution in [1.82, 2.24) is 20.2 Å². The summed E-state index contributed by atoms with van der Waals surface area (Å²) in [6, 6.07) is 6.54. The Morgan fingerprint density at radius 2 is 2.03 bits per heavy atom. The third-order valence-electron chi connectivity index (χ3n) is 6.51. The fourth-order valence-corrected chi connectivity index (χ4v) is 4.46. The zero-order valence-corrected chi connectivity index (χ0v) is 19.2. The topological polar surface area (TPSA) is 68.2 Å². The molecule has 1 fully saturated rings. The van der Waals surface area contributed by atoms with Crippen molar-refractivity contribution in [1.29, 1.82) is 0 Å². The molecule has 176 valence electrons. The van der Waals surface area contributed by atoms with E-state index in [4.69, 9.17) is 4.74 Å². The number of amides is 1. The molecule has 1 aliphatic carbocycles. The van der Waals surface area contributed by atoms with Crippen molar-refractivity contribution < 1.29 is 13.9 Å². The van der Waals surface area contributed by atoms with E-state index in [2.05, 4.69) is 45.3 Å². The van der Waals surface area contributed by atoms with E-state index in [1.165, 1.54) is 12.1 Å². The number of hydrogen-bond acceptors (Lipinski definition) is 4. The second-order valence-electron chi connectivity index (χ2n) is 8.78. The standard InChI is InChI=1S/C26H33FN4O2/c1-19(20-7-9-23(27)10-8-20)31-18-29-16-24(31)15-28-17-25(21-5-3-2-4-6-21)30-26(32)22-11-13-33-14-12-22/h3,5-10,16,18-19,22,25,28H,2,4,11-15,17H2,1H3,(H,30,32). The first-order chi connectivity index (χ1) is 16.1. The van der Waals surface area contributed by atoms with Gasteiger partial charge in [0.1, 0.15) is 5.82 Å². The van der Waals surface area contributed by atoms with Gasteiger partial charge in [-0.1, -0.05) is 30.4 Å². The van der Waals surface area contributed by atoms with Gasteiger partial charge in [-0.05, 0) is 55.9 Å². The van der Waals surface area contributed by atoms with E-state index in [1.807, 2.05) is 12.5 Å². The molecule has 2 aliphatic rings. The maximum absolute atomic E-state index is 13.3. The Hall–Kier alpha value is -2.77. The number of imidazole rings is 1. The van der Waals surface area contributed by atoms with E-state index in [0.29, 0.717) is 26.3 Å². The number of hydrogen-bond donors (Lipinski definition) is 2. The number of nitrogens with zero attached hydrogens (tertiary/aromatic N) is 2. The molecule has 0 spiro atoms. The molecule has 0 bridgehead atoms. The maximum atomic E-state index is 13.3. The van der Waals surface area contributed by atoms with Crippen LogP contribution in [0.15, 0.2) is 60.6 Å². The lowest BCUT2D eigenvalue weighted by Gasteiger charge is -2.27. The average Bonchev–Trinajstić information content (AvgIpc) is 3.33. The summed E-state index contributed by atoms with van der Waals surface area (Å²) in [4.78, 5) is 17.2. The molecule has 7 heteroatoms. The van der Waals surface area contributed by atoms with Crippen LogP contribution in [0.5, 0.6) is 0 Å². The SMILES string of the molecule is CC(c1ccc(F)cc1)n1cncc1CNCC(NC(=O)C1CCOCC1)C1=CCCC=C1. The number of allylic oxidation sites excluding steroid dienone is 2. The lowest BCUT2D eigenvalue weighted by Crippen LogP contribution is -2.46. The Labute approximate surface area is 194 Å². The molecule has 2 heterocycles. The summed E-state index contributed by atoms with van der Waals surface area (Å²) in [5.41, 5.74) is 3.21. The van der Waals surface area contributed by atoms with Crippen LogP contribution in [0.1, 0.15) is 49.9 Å². The monoisotopic (exact) mass is 452 g/mol. The van der Waals surface area contributed by atoms with Crippen LogP contribution in [0.4, 0.5) is 4.39 Å². The lowest BCUT2D eigenvalue weighted by molar-refractivity contribution is -0.128. The van der Waals surface area contributed by atoms with Gasteiger partial charge in [-0.2, -0.15) is 0 Å². The molecule has 2 N–H and O–H groups in total. The maximum Gasteiger partial charge on any atom is 0.223 e. The minimum absolute atomic E-state index is 0.0208. The van der Waals surface area contributed by atoms with Crippen molar-refractivity contribution in [3.8, 4) is 0 Å². The van der Waals surface area contributed by atoms with Crippen molar-refractivity contribution in [3.63, 3.8) is 0 Å².